The Morgan fingerprint density at radius 3 is 2.64 bits per heavy atom. The molecule has 132 valence electrons. The standard InChI is InChI=1S/C19H25N5O/c1-2-24-17-8-9-20-14-16(17)18(21-24)19(25)23-12-10-22(11-13-23)15-6-4-3-5-7-15/h3-7,20H,2,8-14H2,1H3. The largest absolute Gasteiger partial charge is 0.368 e. The summed E-state index contributed by atoms with van der Waals surface area (Å²) in [6.45, 7) is 7.83. The van der Waals surface area contributed by atoms with Gasteiger partial charge in [0.2, 0.25) is 0 Å². The third-order valence-electron chi connectivity index (χ3n) is 5.20. The molecular weight excluding hydrogens is 314 g/mol. The van der Waals surface area contributed by atoms with Crippen molar-refractivity contribution in [3.8, 4) is 0 Å². The van der Waals surface area contributed by atoms with E-state index in [9.17, 15) is 4.79 Å². The number of para-hydroxylation sites is 1. The molecule has 1 saturated heterocycles. The maximum absolute atomic E-state index is 13.0. The first-order chi connectivity index (χ1) is 12.3. The monoisotopic (exact) mass is 339 g/mol. The van der Waals surface area contributed by atoms with E-state index in [-0.39, 0.29) is 5.91 Å². The molecule has 1 aromatic heterocycles. The third-order valence-corrected chi connectivity index (χ3v) is 5.20. The fraction of sp³-hybridized carbons (Fsp3) is 0.474. The van der Waals surface area contributed by atoms with Crippen molar-refractivity contribution in [1.29, 1.82) is 0 Å². The summed E-state index contributed by atoms with van der Waals surface area (Å²) >= 11 is 0. The van der Waals surface area contributed by atoms with Gasteiger partial charge in [0, 0.05) is 69.2 Å². The van der Waals surface area contributed by atoms with Gasteiger partial charge in [-0.1, -0.05) is 18.2 Å². The van der Waals surface area contributed by atoms with E-state index in [1.165, 1.54) is 11.4 Å². The van der Waals surface area contributed by atoms with Crippen molar-refractivity contribution in [2.24, 2.45) is 0 Å². The van der Waals surface area contributed by atoms with E-state index < -0.39 is 0 Å². The zero-order valence-corrected chi connectivity index (χ0v) is 14.7. The van der Waals surface area contributed by atoms with Crippen LogP contribution < -0.4 is 10.2 Å². The second-order valence-corrected chi connectivity index (χ2v) is 6.63. The molecule has 2 aromatic rings. The molecule has 3 heterocycles. The number of nitrogens with one attached hydrogen (secondary N) is 1. The van der Waals surface area contributed by atoms with Crippen molar-refractivity contribution in [3.63, 3.8) is 0 Å². The van der Waals surface area contributed by atoms with Gasteiger partial charge in [0.1, 0.15) is 0 Å². The zero-order chi connectivity index (χ0) is 17.2. The summed E-state index contributed by atoms with van der Waals surface area (Å²) in [7, 11) is 0. The van der Waals surface area contributed by atoms with E-state index in [1.807, 2.05) is 15.6 Å². The number of anilines is 1. The first-order valence-electron chi connectivity index (χ1n) is 9.16. The summed E-state index contributed by atoms with van der Waals surface area (Å²) in [5.74, 6) is 0.0832. The Labute approximate surface area is 148 Å². The maximum atomic E-state index is 13.0. The van der Waals surface area contributed by atoms with Crippen molar-refractivity contribution < 1.29 is 4.79 Å². The second kappa shape index (κ2) is 6.88. The van der Waals surface area contributed by atoms with Crippen LogP contribution in [0.4, 0.5) is 5.69 Å². The highest BCUT2D eigenvalue weighted by Crippen LogP contribution is 2.22. The summed E-state index contributed by atoms with van der Waals surface area (Å²) in [6.07, 6.45) is 0.950. The summed E-state index contributed by atoms with van der Waals surface area (Å²) < 4.78 is 2.00. The van der Waals surface area contributed by atoms with Crippen LogP contribution in [0.25, 0.3) is 0 Å². The number of carbonyl (C=O) groups is 1. The van der Waals surface area contributed by atoms with Crippen LogP contribution in [-0.4, -0.2) is 53.3 Å². The minimum Gasteiger partial charge on any atom is -0.368 e. The number of rotatable bonds is 3. The number of nitrogens with zero attached hydrogens (tertiary/aromatic N) is 4. The Morgan fingerprint density at radius 2 is 1.92 bits per heavy atom. The first kappa shape index (κ1) is 16.1. The molecule has 0 bridgehead atoms. The van der Waals surface area contributed by atoms with E-state index in [0.717, 1.165) is 57.8 Å². The molecule has 0 aliphatic carbocycles. The number of fused-ring (bicyclic) bond motifs is 1. The van der Waals surface area contributed by atoms with Crippen molar-refractivity contribution in [1.82, 2.24) is 20.0 Å². The van der Waals surface area contributed by atoms with Crippen molar-refractivity contribution in [2.45, 2.75) is 26.4 Å². The molecule has 4 rings (SSSR count). The molecule has 6 heteroatoms. The topological polar surface area (TPSA) is 53.4 Å². The molecule has 0 atom stereocenters. The Hall–Kier alpha value is -2.34. The van der Waals surface area contributed by atoms with Crippen LogP contribution in [0, 0.1) is 0 Å². The molecule has 25 heavy (non-hydrogen) atoms. The number of aromatic nitrogens is 2. The number of amides is 1. The Kier molecular flexibility index (Phi) is 4.44. The van der Waals surface area contributed by atoms with Gasteiger partial charge in [0.05, 0.1) is 0 Å². The van der Waals surface area contributed by atoms with Gasteiger partial charge in [-0.2, -0.15) is 5.10 Å². The number of hydrogen-bond acceptors (Lipinski definition) is 4. The van der Waals surface area contributed by atoms with Gasteiger partial charge in [-0.05, 0) is 19.1 Å². The Morgan fingerprint density at radius 1 is 1.16 bits per heavy atom. The van der Waals surface area contributed by atoms with Gasteiger partial charge >= 0.3 is 0 Å². The molecule has 6 nitrogen and oxygen atoms in total. The van der Waals surface area contributed by atoms with Crippen LogP contribution in [0.3, 0.4) is 0 Å². The molecule has 2 aliphatic heterocycles. The van der Waals surface area contributed by atoms with E-state index in [0.29, 0.717) is 5.69 Å². The lowest BCUT2D eigenvalue weighted by Gasteiger charge is -2.36. The van der Waals surface area contributed by atoms with E-state index in [4.69, 9.17) is 0 Å². The summed E-state index contributed by atoms with van der Waals surface area (Å²) in [4.78, 5) is 17.3. The molecule has 0 spiro atoms. The van der Waals surface area contributed by atoms with Gasteiger partial charge in [0.15, 0.2) is 5.69 Å². The number of aryl methyl sites for hydroxylation is 1. The highest BCUT2D eigenvalue weighted by atomic mass is 16.2. The van der Waals surface area contributed by atoms with Crippen LogP contribution in [0.1, 0.15) is 28.7 Å². The molecular formula is C19H25N5O. The van der Waals surface area contributed by atoms with Crippen LogP contribution in [0.15, 0.2) is 30.3 Å². The predicted molar refractivity (Wildman–Crippen MR) is 97.9 cm³/mol. The minimum absolute atomic E-state index is 0.0832. The number of piperazine rings is 1. The third kappa shape index (κ3) is 3.02. The number of hydrogen-bond donors (Lipinski definition) is 1. The van der Waals surface area contributed by atoms with Gasteiger partial charge in [-0.15, -0.1) is 0 Å². The van der Waals surface area contributed by atoms with Gasteiger partial charge in [0.25, 0.3) is 5.91 Å². The maximum Gasteiger partial charge on any atom is 0.274 e. The summed E-state index contributed by atoms with van der Waals surface area (Å²) in [5.41, 5.74) is 4.21. The highest BCUT2D eigenvalue weighted by molar-refractivity contribution is 5.94. The second-order valence-electron chi connectivity index (χ2n) is 6.63. The summed E-state index contributed by atoms with van der Waals surface area (Å²) in [5, 5.41) is 8.01. The number of carbonyl (C=O) groups excluding carboxylic acids is 1. The van der Waals surface area contributed by atoms with Crippen molar-refractivity contribution in [3.05, 3.63) is 47.3 Å². The Balaban J connectivity index is 1.49. The molecule has 1 amide bonds. The quantitative estimate of drug-likeness (QED) is 0.921. The van der Waals surface area contributed by atoms with E-state index in [2.05, 4.69) is 46.5 Å². The molecule has 0 unspecified atom stereocenters. The minimum atomic E-state index is 0.0832. The smallest absolute Gasteiger partial charge is 0.274 e. The lowest BCUT2D eigenvalue weighted by molar-refractivity contribution is 0.0738. The SMILES string of the molecule is CCn1nc(C(=O)N2CCN(c3ccccc3)CC2)c2c1CCNC2. The van der Waals surface area contributed by atoms with E-state index >= 15 is 0 Å². The van der Waals surface area contributed by atoms with E-state index in [1.54, 1.807) is 0 Å². The van der Waals surface area contributed by atoms with Crippen LogP contribution in [-0.2, 0) is 19.5 Å². The fourth-order valence-corrected chi connectivity index (χ4v) is 3.81. The molecule has 0 saturated carbocycles. The fourth-order valence-electron chi connectivity index (χ4n) is 3.81. The normalized spacial score (nSPS) is 17.5. The lowest BCUT2D eigenvalue weighted by atomic mass is 10.1. The average molecular weight is 339 g/mol. The van der Waals surface area contributed by atoms with Crippen LogP contribution in [0.5, 0.6) is 0 Å². The van der Waals surface area contributed by atoms with Gasteiger partial charge in [-0.25, -0.2) is 0 Å². The Bertz CT molecular complexity index is 747. The average Bonchev–Trinajstić information content (AvgIpc) is 3.07. The number of benzene rings is 1. The lowest BCUT2D eigenvalue weighted by Crippen LogP contribution is -2.49. The van der Waals surface area contributed by atoms with Crippen molar-refractivity contribution in [2.75, 3.05) is 37.6 Å². The highest BCUT2D eigenvalue weighted by Gasteiger charge is 2.29. The molecule has 1 aromatic carbocycles. The predicted octanol–water partition coefficient (Wildman–Crippen LogP) is 1.51. The molecule has 1 N–H and O–H groups in total. The van der Waals surface area contributed by atoms with Crippen LogP contribution >= 0.6 is 0 Å². The molecule has 2 aliphatic rings. The molecule has 1 fully saturated rings. The van der Waals surface area contributed by atoms with Gasteiger partial charge in [-0.3, -0.25) is 9.48 Å². The van der Waals surface area contributed by atoms with Crippen molar-refractivity contribution >= 4 is 11.6 Å². The zero-order valence-electron chi connectivity index (χ0n) is 14.7. The first-order valence-corrected chi connectivity index (χ1v) is 9.16. The van der Waals surface area contributed by atoms with Gasteiger partial charge < -0.3 is 15.1 Å². The summed E-state index contributed by atoms with van der Waals surface area (Å²) in [6, 6.07) is 10.4. The van der Waals surface area contributed by atoms with Crippen LogP contribution in [0.2, 0.25) is 0 Å². The molecule has 0 radical (unpaired) electrons.